The maximum absolute atomic E-state index is 6.51. The maximum atomic E-state index is 6.51. The van der Waals surface area contributed by atoms with Crippen LogP contribution in [-0.4, -0.2) is 70.8 Å². The van der Waals surface area contributed by atoms with E-state index in [-0.39, 0.29) is 22.8 Å². The van der Waals surface area contributed by atoms with Gasteiger partial charge in [0.05, 0.1) is 6.17 Å². The van der Waals surface area contributed by atoms with Gasteiger partial charge in [0, 0.05) is 41.8 Å². The van der Waals surface area contributed by atoms with E-state index in [1.807, 2.05) is 0 Å². The molecule has 0 aromatic carbocycles. The highest BCUT2D eigenvalue weighted by Crippen LogP contribution is 2.34. The summed E-state index contributed by atoms with van der Waals surface area (Å²) >= 11 is 0. The molecule has 30 heavy (non-hydrogen) atoms. The van der Waals surface area contributed by atoms with E-state index in [0.717, 1.165) is 38.8 Å². The van der Waals surface area contributed by atoms with Crippen LogP contribution in [0.1, 0.15) is 94.9 Å². The van der Waals surface area contributed by atoms with Crippen LogP contribution < -0.4 is 22.5 Å². The van der Waals surface area contributed by atoms with Crippen LogP contribution in [-0.2, 0) is 0 Å². The van der Waals surface area contributed by atoms with E-state index in [1.165, 1.54) is 0 Å². The summed E-state index contributed by atoms with van der Waals surface area (Å²) in [6.45, 7) is 26.0. The lowest BCUT2D eigenvalue weighted by atomic mass is 9.85. The molecule has 0 spiro atoms. The summed E-state index contributed by atoms with van der Waals surface area (Å²) in [7, 11) is 0. The molecular formula is C24H56N6. The molecule has 6 nitrogen and oxygen atoms in total. The van der Waals surface area contributed by atoms with Gasteiger partial charge in [0.1, 0.15) is 0 Å². The van der Waals surface area contributed by atoms with E-state index >= 15 is 0 Å². The van der Waals surface area contributed by atoms with Crippen LogP contribution in [0.2, 0.25) is 0 Å². The molecule has 0 bridgehead atoms. The molecule has 182 valence electrons. The second-order valence-corrected chi connectivity index (χ2v) is 11.1. The second-order valence-electron chi connectivity index (χ2n) is 11.1. The molecule has 7 N–H and O–H groups in total. The van der Waals surface area contributed by atoms with Gasteiger partial charge in [-0.05, 0) is 94.2 Å². The predicted octanol–water partition coefficient (Wildman–Crippen LogP) is 3.10. The Kier molecular flexibility index (Phi) is 12.6. The van der Waals surface area contributed by atoms with Crippen molar-refractivity contribution in [3.05, 3.63) is 0 Å². The molecule has 0 heterocycles. The Hall–Kier alpha value is -0.240. The van der Waals surface area contributed by atoms with Gasteiger partial charge in [-0.2, -0.15) is 0 Å². The summed E-state index contributed by atoms with van der Waals surface area (Å²) in [6, 6.07) is 0.827. The van der Waals surface area contributed by atoms with E-state index in [9.17, 15) is 0 Å². The quantitative estimate of drug-likeness (QED) is 0.282. The van der Waals surface area contributed by atoms with Gasteiger partial charge in [-0.3, -0.25) is 9.80 Å². The molecule has 0 aliphatic heterocycles. The molecule has 0 aromatic rings. The Labute approximate surface area is 188 Å². The van der Waals surface area contributed by atoms with Crippen LogP contribution in [0, 0.1) is 0 Å². The Morgan fingerprint density at radius 1 is 0.867 bits per heavy atom. The second kappa shape index (κ2) is 12.7. The third-order valence-electron chi connectivity index (χ3n) is 6.68. The van der Waals surface area contributed by atoms with Gasteiger partial charge >= 0.3 is 0 Å². The lowest BCUT2D eigenvalue weighted by Crippen LogP contribution is -2.64. The number of rotatable bonds is 16. The normalized spacial score (nSPS) is 16.0. The van der Waals surface area contributed by atoms with Gasteiger partial charge in [-0.15, -0.1) is 0 Å². The van der Waals surface area contributed by atoms with Gasteiger partial charge in [-0.25, -0.2) is 0 Å². The Bertz CT molecular complexity index is 461. The largest absolute Gasteiger partial charge is 0.330 e. The SMILES string of the molecule is CCC(N)N(CC(CC)N(C(C)(C)CCN)C(C)(C)CCNC(C)(C)CN)C(C)C. The van der Waals surface area contributed by atoms with Crippen molar-refractivity contribution in [2.75, 3.05) is 26.2 Å². The minimum absolute atomic E-state index is 0.00126. The van der Waals surface area contributed by atoms with Crippen LogP contribution >= 0.6 is 0 Å². The average molecular weight is 429 g/mol. The monoisotopic (exact) mass is 428 g/mol. The summed E-state index contributed by atoms with van der Waals surface area (Å²) in [5, 5.41) is 3.64. The van der Waals surface area contributed by atoms with E-state index in [2.05, 4.69) is 84.4 Å². The molecule has 0 fully saturated rings. The molecule has 0 rings (SSSR count). The molecule has 2 unspecified atom stereocenters. The average Bonchev–Trinajstić information content (AvgIpc) is 2.63. The Morgan fingerprint density at radius 2 is 1.40 bits per heavy atom. The van der Waals surface area contributed by atoms with Crippen molar-refractivity contribution in [3.63, 3.8) is 0 Å². The fourth-order valence-corrected chi connectivity index (χ4v) is 4.78. The predicted molar refractivity (Wildman–Crippen MR) is 134 cm³/mol. The Morgan fingerprint density at radius 3 is 1.80 bits per heavy atom. The zero-order valence-corrected chi connectivity index (χ0v) is 22.0. The van der Waals surface area contributed by atoms with Gasteiger partial charge in [0.15, 0.2) is 0 Å². The van der Waals surface area contributed by atoms with Crippen molar-refractivity contribution in [1.29, 1.82) is 0 Å². The smallest absolute Gasteiger partial charge is 0.0572 e. The number of nitrogens with one attached hydrogen (secondary N) is 1. The van der Waals surface area contributed by atoms with Crippen LogP contribution in [0.4, 0.5) is 0 Å². The van der Waals surface area contributed by atoms with Gasteiger partial charge in [0.25, 0.3) is 0 Å². The van der Waals surface area contributed by atoms with Crippen molar-refractivity contribution in [1.82, 2.24) is 15.1 Å². The van der Waals surface area contributed by atoms with Gasteiger partial charge in [0.2, 0.25) is 0 Å². The minimum Gasteiger partial charge on any atom is -0.330 e. The summed E-state index contributed by atoms with van der Waals surface area (Å²) in [5.74, 6) is 0. The first-order chi connectivity index (χ1) is 13.7. The number of hydrogen-bond donors (Lipinski definition) is 4. The van der Waals surface area contributed by atoms with Crippen molar-refractivity contribution in [3.8, 4) is 0 Å². The first kappa shape index (κ1) is 29.8. The lowest BCUT2D eigenvalue weighted by Gasteiger charge is -2.54. The standard InChI is InChI=1S/C24H56N6/c1-11-20(17-29(19(3)4)21(27)12-2)30(23(7,8)13-15-25)24(9,10)14-16-28-22(5,6)18-26/h19-21,28H,11-18,25-27H2,1-10H3. The van der Waals surface area contributed by atoms with Crippen molar-refractivity contribution < 1.29 is 0 Å². The first-order valence-corrected chi connectivity index (χ1v) is 12.1. The zero-order valence-electron chi connectivity index (χ0n) is 22.0. The Balaban J connectivity index is 5.82. The summed E-state index contributed by atoms with van der Waals surface area (Å²) in [4.78, 5) is 5.20. The van der Waals surface area contributed by atoms with Crippen molar-refractivity contribution in [2.24, 2.45) is 17.2 Å². The number of hydrogen-bond acceptors (Lipinski definition) is 6. The highest BCUT2D eigenvalue weighted by molar-refractivity contribution is 4.98. The molecule has 0 aromatic heterocycles. The van der Waals surface area contributed by atoms with E-state index in [4.69, 9.17) is 17.2 Å². The molecule has 2 atom stereocenters. The molecule has 0 aliphatic carbocycles. The van der Waals surface area contributed by atoms with E-state index < -0.39 is 0 Å². The summed E-state index contributed by atoms with van der Waals surface area (Å²) < 4.78 is 0. The molecule has 0 radical (unpaired) electrons. The van der Waals surface area contributed by atoms with Crippen LogP contribution in [0.5, 0.6) is 0 Å². The van der Waals surface area contributed by atoms with E-state index in [0.29, 0.717) is 25.2 Å². The van der Waals surface area contributed by atoms with Crippen molar-refractivity contribution >= 4 is 0 Å². The molecule has 6 heteroatoms. The number of nitrogens with two attached hydrogens (primary N) is 3. The van der Waals surface area contributed by atoms with Crippen molar-refractivity contribution in [2.45, 2.75) is 130 Å². The maximum Gasteiger partial charge on any atom is 0.0572 e. The fraction of sp³-hybridized carbons (Fsp3) is 1.00. The minimum atomic E-state index is -0.0415. The van der Waals surface area contributed by atoms with Crippen LogP contribution in [0.3, 0.4) is 0 Å². The molecule has 0 saturated carbocycles. The van der Waals surface area contributed by atoms with Gasteiger partial charge in [-0.1, -0.05) is 13.8 Å². The molecule has 0 saturated heterocycles. The molecule has 0 amide bonds. The van der Waals surface area contributed by atoms with Gasteiger partial charge < -0.3 is 22.5 Å². The lowest BCUT2D eigenvalue weighted by molar-refractivity contribution is -0.0511. The highest BCUT2D eigenvalue weighted by atomic mass is 15.3. The molecule has 0 aliphatic rings. The zero-order chi connectivity index (χ0) is 23.8. The number of nitrogens with zero attached hydrogens (tertiary/aromatic N) is 2. The molecular weight excluding hydrogens is 372 g/mol. The fourth-order valence-electron chi connectivity index (χ4n) is 4.78. The summed E-state index contributed by atoms with van der Waals surface area (Å²) in [5.41, 5.74) is 18.4. The van der Waals surface area contributed by atoms with Crippen LogP contribution in [0.25, 0.3) is 0 Å². The van der Waals surface area contributed by atoms with E-state index in [1.54, 1.807) is 0 Å². The first-order valence-electron chi connectivity index (χ1n) is 12.1. The van der Waals surface area contributed by atoms with Crippen LogP contribution in [0.15, 0.2) is 0 Å². The highest BCUT2D eigenvalue weighted by Gasteiger charge is 2.42. The third kappa shape index (κ3) is 9.09. The summed E-state index contributed by atoms with van der Waals surface area (Å²) in [6.07, 6.45) is 4.15. The topological polar surface area (TPSA) is 96.6 Å². The third-order valence-corrected chi connectivity index (χ3v) is 6.68.